The first-order valence-corrected chi connectivity index (χ1v) is 7.81. The predicted octanol–water partition coefficient (Wildman–Crippen LogP) is 4.40. The zero-order valence-corrected chi connectivity index (χ0v) is 12.9. The Labute approximate surface area is 122 Å². The van der Waals surface area contributed by atoms with Crippen LogP contribution >= 0.6 is 0 Å². The highest BCUT2D eigenvalue weighted by molar-refractivity contribution is 5.55. The summed E-state index contributed by atoms with van der Waals surface area (Å²) in [6, 6.07) is 5.73. The van der Waals surface area contributed by atoms with Gasteiger partial charge in [0, 0.05) is 6.07 Å². The van der Waals surface area contributed by atoms with Crippen LogP contribution in [0.3, 0.4) is 0 Å². The van der Waals surface area contributed by atoms with Crippen molar-refractivity contribution in [2.75, 3.05) is 5.73 Å². The third-order valence-electron chi connectivity index (χ3n) is 3.96. The highest BCUT2D eigenvalue weighted by Crippen LogP contribution is 2.32. The van der Waals surface area contributed by atoms with Crippen LogP contribution in [0.4, 0.5) is 5.69 Å². The van der Waals surface area contributed by atoms with E-state index < -0.39 is 0 Å². The van der Waals surface area contributed by atoms with Gasteiger partial charge in [-0.05, 0) is 51.2 Å². The third-order valence-corrected chi connectivity index (χ3v) is 3.96. The molecule has 1 saturated carbocycles. The minimum absolute atomic E-state index is 0.117. The summed E-state index contributed by atoms with van der Waals surface area (Å²) >= 11 is 0. The summed E-state index contributed by atoms with van der Waals surface area (Å²) in [5.74, 6) is 2.41. The molecule has 1 aliphatic carbocycles. The molecule has 3 heteroatoms. The number of nitrogen functional groups attached to an aromatic ring is 1. The first-order valence-electron chi connectivity index (χ1n) is 7.81. The maximum absolute atomic E-state index is 6.13. The maximum atomic E-state index is 6.13. The predicted molar refractivity (Wildman–Crippen MR) is 83.3 cm³/mol. The Morgan fingerprint density at radius 1 is 1.30 bits per heavy atom. The summed E-state index contributed by atoms with van der Waals surface area (Å²) in [5.41, 5.74) is 6.60. The van der Waals surface area contributed by atoms with Crippen molar-refractivity contribution in [3.63, 3.8) is 0 Å². The molecule has 1 aromatic carbocycles. The highest BCUT2D eigenvalue weighted by Gasteiger charge is 2.22. The second kappa shape index (κ2) is 6.87. The minimum Gasteiger partial charge on any atom is -0.490 e. The molecule has 1 fully saturated rings. The number of nitrogens with two attached hydrogens (primary N) is 1. The van der Waals surface area contributed by atoms with E-state index >= 15 is 0 Å². The molecule has 1 aliphatic rings. The van der Waals surface area contributed by atoms with Crippen LogP contribution in [0, 0.1) is 5.92 Å². The van der Waals surface area contributed by atoms with E-state index in [9.17, 15) is 0 Å². The van der Waals surface area contributed by atoms with Gasteiger partial charge in [-0.2, -0.15) is 0 Å². The van der Waals surface area contributed by atoms with Crippen molar-refractivity contribution < 1.29 is 9.47 Å². The highest BCUT2D eigenvalue weighted by atomic mass is 16.5. The van der Waals surface area contributed by atoms with Crippen LogP contribution in [0.1, 0.15) is 52.9 Å². The fourth-order valence-corrected chi connectivity index (χ4v) is 2.86. The van der Waals surface area contributed by atoms with Crippen molar-refractivity contribution in [2.24, 2.45) is 5.92 Å². The van der Waals surface area contributed by atoms with Crippen LogP contribution in [-0.4, -0.2) is 12.2 Å². The van der Waals surface area contributed by atoms with Crippen LogP contribution in [0.25, 0.3) is 0 Å². The first-order chi connectivity index (χ1) is 9.58. The van der Waals surface area contributed by atoms with Gasteiger partial charge >= 0.3 is 0 Å². The lowest BCUT2D eigenvalue weighted by Crippen LogP contribution is -2.25. The van der Waals surface area contributed by atoms with Crippen LogP contribution in [0.2, 0.25) is 0 Å². The van der Waals surface area contributed by atoms with Crippen molar-refractivity contribution in [1.29, 1.82) is 0 Å². The summed E-state index contributed by atoms with van der Waals surface area (Å²) in [6.07, 6.45) is 6.65. The van der Waals surface area contributed by atoms with Crippen molar-refractivity contribution in [3.05, 3.63) is 18.2 Å². The Bertz CT molecular complexity index is 431. The molecule has 2 N–H and O–H groups in total. The largest absolute Gasteiger partial charge is 0.490 e. The molecule has 0 saturated heterocycles. The van der Waals surface area contributed by atoms with E-state index in [0.717, 1.165) is 23.8 Å². The fourth-order valence-electron chi connectivity index (χ4n) is 2.86. The summed E-state index contributed by atoms with van der Waals surface area (Å²) in [6.45, 7) is 6.27. The summed E-state index contributed by atoms with van der Waals surface area (Å²) in [7, 11) is 0. The van der Waals surface area contributed by atoms with Gasteiger partial charge in [0.1, 0.15) is 11.5 Å². The molecule has 0 heterocycles. The fraction of sp³-hybridized carbons (Fsp3) is 0.647. The Balaban J connectivity index is 2.02. The third kappa shape index (κ3) is 4.06. The number of hydrogen-bond donors (Lipinski definition) is 1. The molecule has 0 spiro atoms. The van der Waals surface area contributed by atoms with Crippen LogP contribution < -0.4 is 15.2 Å². The molecule has 0 aromatic heterocycles. The van der Waals surface area contributed by atoms with Gasteiger partial charge in [-0.15, -0.1) is 0 Å². The topological polar surface area (TPSA) is 44.5 Å². The zero-order valence-electron chi connectivity index (χ0n) is 12.9. The molecule has 3 nitrogen and oxygen atoms in total. The molecule has 2 rings (SSSR count). The SMILES string of the molecule is CCC1CCCC(Oc2ccc(N)c(OC(C)C)c2)C1. The van der Waals surface area contributed by atoms with Gasteiger partial charge < -0.3 is 15.2 Å². The van der Waals surface area contributed by atoms with Crippen molar-refractivity contribution in [2.45, 2.75) is 65.1 Å². The molecule has 0 radical (unpaired) electrons. The first kappa shape index (κ1) is 15.0. The lowest BCUT2D eigenvalue weighted by Gasteiger charge is -2.29. The average molecular weight is 277 g/mol. The number of anilines is 1. The lowest BCUT2D eigenvalue weighted by molar-refractivity contribution is 0.121. The Morgan fingerprint density at radius 3 is 2.80 bits per heavy atom. The molecular formula is C17H27NO2. The van der Waals surface area contributed by atoms with Crippen LogP contribution in [-0.2, 0) is 0 Å². The van der Waals surface area contributed by atoms with E-state index in [4.69, 9.17) is 15.2 Å². The molecule has 2 unspecified atom stereocenters. The molecule has 20 heavy (non-hydrogen) atoms. The molecule has 112 valence electrons. The van der Waals surface area contributed by atoms with E-state index in [0.29, 0.717) is 11.8 Å². The second-order valence-corrected chi connectivity index (χ2v) is 6.05. The van der Waals surface area contributed by atoms with Crippen LogP contribution in [0.5, 0.6) is 11.5 Å². The van der Waals surface area contributed by atoms with Crippen molar-refractivity contribution >= 4 is 5.69 Å². The molecule has 0 aliphatic heterocycles. The van der Waals surface area contributed by atoms with E-state index in [2.05, 4.69) is 6.92 Å². The lowest BCUT2D eigenvalue weighted by atomic mass is 9.85. The second-order valence-electron chi connectivity index (χ2n) is 6.05. The molecule has 0 amide bonds. The van der Waals surface area contributed by atoms with Gasteiger partial charge in [0.05, 0.1) is 17.9 Å². The molecule has 2 atom stereocenters. The van der Waals surface area contributed by atoms with Gasteiger partial charge in [0.15, 0.2) is 0 Å². The zero-order chi connectivity index (χ0) is 14.5. The summed E-state index contributed by atoms with van der Waals surface area (Å²) in [5, 5.41) is 0. The van der Waals surface area contributed by atoms with Crippen LogP contribution in [0.15, 0.2) is 18.2 Å². The molecule has 0 bridgehead atoms. The van der Waals surface area contributed by atoms with E-state index in [1.54, 1.807) is 0 Å². The van der Waals surface area contributed by atoms with Gasteiger partial charge in [-0.25, -0.2) is 0 Å². The Kier molecular flexibility index (Phi) is 5.16. The maximum Gasteiger partial charge on any atom is 0.146 e. The van der Waals surface area contributed by atoms with Gasteiger partial charge in [0.2, 0.25) is 0 Å². The van der Waals surface area contributed by atoms with Gasteiger partial charge in [-0.3, -0.25) is 0 Å². The monoisotopic (exact) mass is 277 g/mol. The smallest absolute Gasteiger partial charge is 0.146 e. The molecule has 1 aromatic rings. The molecular weight excluding hydrogens is 250 g/mol. The number of benzene rings is 1. The Hall–Kier alpha value is -1.38. The minimum atomic E-state index is 0.117. The van der Waals surface area contributed by atoms with Crippen molar-refractivity contribution in [3.8, 4) is 11.5 Å². The number of rotatable bonds is 5. The van der Waals surface area contributed by atoms with Gasteiger partial charge in [0.25, 0.3) is 0 Å². The van der Waals surface area contributed by atoms with E-state index in [1.807, 2.05) is 32.0 Å². The summed E-state index contributed by atoms with van der Waals surface area (Å²) in [4.78, 5) is 0. The van der Waals surface area contributed by atoms with Gasteiger partial charge in [-0.1, -0.05) is 19.8 Å². The average Bonchev–Trinajstić information content (AvgIpc) is 2.42. The number of hydrogen-bond acceptors (Lipinski definition) is 3. The van der Waals surface area contributed by atoms with E-state index in [-0.39, 0.29) is 6.10 Å². The standard InChI is InChI=1S/C17H27NO2/c1-4-13-6-5-7-14(10-13)20-15-8-9-16(18)17(11-15)19-12(2)3/h8-9,11-14H,4-7,10,18H2,1-3H3. The normalized spacial score (nSPS) is 22.8. The number of ether oxygens (including phenoxy) is 2. The van der Waals surface area contributed by atoms with Crippen molar-refractivity contribution in [1.82, 2.24) is 0 Å². The summed E-state index contributed by atoms with van der Waals surface area (Å²) < 4.78 is 11.8. The Morgan fingerprint density at radius 2 is 2.10 bits per heavy atom. The quantitative estimate of drug-likeness (QED) is 0.811. The van der Waals surface area contributed by atoms with E-state index in [1.165, 1.54) is 25.7 Å².